The fourth-order valence-corrected chi connectivity index (χ4v) is 5.40. The molecule has 6 atom stereocenters. The van der Waals surface area contributed by atoms with Crippen LogP contribution in [0.3, 0.4) is 0 Å². The molecule has 0 unspecified atom stereocenters. The minimum atomic E-state index is -1.73. The number of halogens is 2. The second kappa shape index (κ2) is 23.6. The van der Waals surface area contributed by atoms with Crippen molar-refractivity contribution in [1.29, 1.82) is 10.8 Å². The van der Waals surface area contributed by atoms with Crippen LogP contribution in [0.4, 0.5) is 8.78 Å². The van der Waals surface area contributed by atoms with Crippen LogP contribution in [-0.4, -0.2) is 125 Å². The third-order valence-corrected chi connectivity index (χ3v) is 8.32. The van der Waals surface area contributed by atoms with Gasteiger partial charge in [0.15, 0.2) is 11.9 Å². The number of nitrogens with two attached hydrogens (primary N) is 4. The van der Waals surface area contributed by atoms with Crippen molar-refractivity contribution in [2.45, 2.75) is 95.1 Å². The molecule has 0 aromatic heterocycles. The number of likely N-dealkylation sites (N-methyl/N-ethyl adjacent to an activating group) is 1. The monoisotopic (exact) mass is 813 g/mol. The number of nitrogens with one attached hydrogen (secondary N) is 8. The van der Waals surface area contributed by atoms with E-state index < -0.39 is 126 Å². The lowest BCUT2D eigenvalue weighted by molar-refractivity contribution is -0.143. The van der Waals surface area contributed by atoms with Crippen molar-refractivity contribution in [3.63, 3.8) is 0 Å². The zero-order valence-electron chi connectivity index (χ0n) is 31.7. The van der Waals surface area contributed by atoms with Crippen LogP contribution in [0.2, 0.25) is 0 Å². The Morgan fingerprint density at radius 2 is 1.28 bits per heavy atom. The van der Waals surface area contributed by atoms with Gasteiger partial charge in [0, 0.05) is 57.6 Å². The highest BCUT2D eigenvalue weighted by Gasteiger charge is 2.36. The summed E-state index contributed by atoms with van der Waals surface area (Å²) in [5.74, 6) is -10.7. The number of primary amides is 2. The topological polar surface area (TPSA) is 387 Å². The van der Waals surface area contributed by atoms with Crippen LogP contribution in [0.25, 0.3) is 0 Å². The summed E-state index contributed by atoms with van der Waals surface area (Å²) in [6, 6.07) is -6.58. The van der Waals surface area contributed by atoms with Crippen molar-refractivity contribution in [2.75, 3.05) is 20.1 Å². The maximum absolute atomic E-state index is 14.5. The Morgan fingerprint density at radius 3 is 1.75 bits per heavy atom. The van der Waals surface area contributed by atoms with Crippen molar-refractivity contribution < 1.29 is 52.6 Å². The minimum Gasteiger partial charge on any atom is -0.508 e. The summed E-state index contributed by atoms with van der Waals surface area (Å²) in [7, 11) is 1.15. The Bertz CT molecular complexity index is 1630. The highest BCUT2D eigenvalue weighted by molar-refractivity contribution is 5.96. The maximum atomic E-state index is 14.5. The van der Waals surface area contributed by atoms with Gasteiger partial charge in [-0.05, 0) is 39.0 Å². The van der Waals surface area contributed by atoms with Crippen LogP contribution in [0.15, 0.2) is 12.1 Å². The molecule has 24 heteroatoms. The summed E-state index contributed by atoms with van der Waals surface area (Å²) in [5, 5.41) is 48.8. The molecular formula is C33H53F2N13O9. The number of phenols is 1. The van der Waals surface area contributed by atoms with Crippen LogP contribution in [0.5, 0.6) is 5.75 Å². The fraction of sp³-hybridized carbons (Fsp3) is 0.545. The normalized spacial score (nSPS) is 13.9. The molecule has 1 aromatic carbocycles. The molecule has 0 fully saturated rings. The van der Waals surface area contributed by atoms with E-state index in [-0.39, 0.29) is 44.7 Å². The average Bonchev–Trinajstić information content (AvgIpc) is 3.09. The summed E-state index contributed by atoms with van der Waals surface area (Å²) >= 11 is 0. The first-order chi connectivity index (χ1) is 26.5. The summed E-state index contributed by atoms with van der Waals surface area (Å²) < 4.78 is 29.1. The highest BCUT2D eigenvalue weighted by atomic mass is 19.1. The van der Waals surface area contributed by atoms with E-state index in [4.69, 9.17) is 33.8 Å². The van der Waals surface area contributed by atoms with Crippen LogP contribution >= 0.6 is 0 Å². The first kappa shape index (κ1) is 48.7. The molecule has 57 heavy (non-hydrogen) atoms. The Labute approximate surface area is 326 Å². The lowest BCUT2D eigenvalue weighted by Crippen LogP contribution is -2.60. The lowest BCUT2D eigenvalue weighted by atomic mass is 10.0. The Kier molecular flexibility index (Phi) is 20.1. The van der Waals surface area contributed by atoms with E-state index in [0.29, 0.717) is 12.1 Å². The van der Waals surface area contributed by atoms with Crippen LogP contribution < -0.4 is 54.8 Å². The van der Waals surface area contributed by atoms with Crippen molar-refractivity contribution >= 4 is 53.3 Å². The van der Waals surface area contributed by atoms with Crippen LogP contribution in [0.1, 0.15) is 57.9 Å². The molecule has 0 aliphatic heterocycles. The Balaban J connectivity index is 3.51. The van der Waals surface area contributed by atoms with E-state index in [1.54, 1.807) is 0 Å². The standard InChI is InChI=1S/C33H53F2N13O9/c1-15(49)26(44-16(2)50)30(56)45-21(6-4-10-42-32(38)39)28(54)46-22(8-9-25(36)52)31(57)48(3)24(7-5-11-43-33(40)41)29(55)47-23(27(37)53)14-18-19(34)12-17(51)13-20(18)35/h12-13,15,21-24,26,49,51H,4-11,14H2,1-3H3,(H2,36,52)(H2,37,53)(H,44,50)(H,45,56)(H,46,54)(H,47,55)(H4,38,39,42)(H4,40,41,43)/t15-,21+,22+,23+,24+,26+/m1/s1. The molecule has 0 aliphatic carbocycles. The van der Waals surface area contributed by atoms with E-state index in [1.807, 2.05) is 0 Å². The number of hydrogen-bond donors (Lipinski definition) is 14. The molecule has 18 N–H and O–H groups in total. The number of aliphatic hydroxyl groups excluding tert-OH is 1. The van der Waals surface area contributed by atoms with Gasteiger partial charge in [-0.1, -0.05) is 0 Å². The number of aromatic hydroxyl groups is 1. The number of carbonyl (C=O) groups excluding carboxylic acids is 7. The highest BCUT2D eigenvalue weighted by Crippen LogP contribution is 2.21. The van der Waals surface area contributed by atoms with Crippen molar-refractivity contribution in [3.8, 4) is 5.75 Å². The maximum Gasteiger partial charge on any atom is 0.245 e. The second-order valence-corrected chi connectivity index (χ2v) is 13.0. The van der Waals surface area contributed by atoms with Gasteiger partial charge in [0.05, 0.1) is 6.10 Å². The van der Waals surface area contributed by atoms with Gasteiger partial charge >= 0.3 is 0 Å². The van der Waals surface area contributed by atoms with Crippen molar-refractivity contribution in [2.24, 2.45) is 22.9 Å². The molecule has 0 heterocycles. The molecule has 0 bridgehead atoms. The fourth-order valence-electron chi connectivity index (χ4n) is 5.40. The lowest BCUT2D eigenvalue weighted by Gasteiger charge is -2.32. The minimum absolute atomic E-state index is 0.0258. The smallest absolute Gasteiger partial charge is 0.245 e. The first-order valence-electron chi connectivity index (χ1n) is 17.6. The van der Waals surface area contributed by atoms with Crippen molar-refractivity contribution in [3.05, 3.63) is 29.3 Å². The molecular weight excluding hydrogens is 760 g/mol. The van der Waals surface area contributed by atoms with Gasteiger partial charge in [-0.3, -0.25) is 44.4 Å². The third kappa shape index (κ3) is 17.3. The molecule has 0 saturated heterocycles. The zero-order valence-corrected chi connectivity index (χ0v) is 31.7. The summed E-state index contributed by atoms with van der Waals surface area (Å²) in [4.78, 5) is 91.5. The third-order valence-electron chi connectivity index (χ3n) is 8.32. The van der Waals surface area contributed by atoms with E-state index >= 15 is 0 Å². The van der Waals surface area contributed by atoms with Gasteiger partial charge in [-0.25, -0.2) is 8.78 Å². The van der Waals surface area contributed by atoms with Crippen LogP contribution in [-0.2, 0) is 40.0 Å². The van der Waals surface area contributed by atoms with Gasteiger partial charge < -0.3 is 69.9 Å². The molecule has 0 radical (unpaired) electrons. The number of carbonyl (C=O) groups is 7. The van der Waals surface area contributed by atoms with E-state index in [9.17, 15) is 52.6 Å². The van der Waals surface area contributed by atoms with Gasteiger partial charge in [-0.2, -0.15) is 0 Å². The number of nitrogens with zero attached hydrogens (tertiary/aromatic N) is 1. The number of benzene rings is 1. The van der Waals surface area contributed by atoms with E-state index in [0.717, 1.165) is 18.9 Å². The number of guanidine groups is 2. The quantitative estimate of drug-likeness (QED) is 0.0267. The largest absolute Gasteiger partial charge is 0.508 e. The molecule has 1 rings (SSSR count). The summed E-state index contributed by atoms with van der Waals surface area (Å²) in [6.07, 6.45) is -3.21. The van der Waals surface area contributed by atoms with Gasteiger partial charge in [-0.15, -0.1) is 0 Å². The first-order valence-corrected chi connectivity index (χ1v) is 17.6. The molecule has 22 nitrogen and oxygen atoms in total. The predicted octanol–water partition coefficient (Wildman–Crippen LogP) is -4.34. The Morgan fingerprint density at radius 1 is 0.772 bits per heavy atom. The molecule has 1 aromatic rings. The molecule has 7 amide bonds. The Hall–Kier alpha value is -6.33. The number of hydrogen-bond acceptors (Lipinski definition) is 11. The number of phenolic OH excluding ortho intramolecular Hbond substituents is 1. The molecule has 318 valence electrons. The molecule has 0 spiro atoms. The SMILES string of the molecule is CC(=O)N[C@H](C(=O)N[C@@H](CCCNC(=N)N)C(=O)N[C@@H](CCC(N)=O)C(=O)N(C)[C@@H](CCCNC(=N)N)C(=O)N[C@@H](Cc1c(F)cc(O)cc1F)C(N)=O)[C@@H](C)O. The number of amides is 7. The van der Waals surface area contributed by atoms with Gasteiger partial charge in [0.2, 0.25) is 41.4 Å². The summed E-state index contributed by atoms with van der Waals surface area (Å²) in [5.41, 5.74) is 20.7. The molecule has 0 aliphatic rings. The number of rotatable bonds is 24. The van der Waals surface area contributed by atoms with Gasteiger partial charge in [0.1, 0.15) is 47.6 Å². The zero-order chi connectivity index (χ0) is 43.6. The second-order valence-electron chi connectivity index (χ2n) is 13.0. The molecule has 0 saturated carbocycles. The van der Waals surface area contributed by atoms with Gasteiger partial charge in [0.25, 0.3) is 0 Å². The average molecular weight is 814 g/mol. The van der Waals surface area contributed by atoms with E-state index in [1.165, 1.54) is 6.92 Å². The van der Waals surface area contributed by atoms with E-state index in [2.05, 4.69) is 31.9 Å². The number of aliphatic hydroxyl groups is 1. The summed E-state index contributed by atoms with van der Waals surface area (Å²) in [6.45, 7) is 2.42. The predicted molar refractivity (Wildman–Crippen MR) is 199 cm³/mol. The van der Waals surface area contributed by atoms with Crippen LogP contribution in [0, 0.1) is 22.5 Å². The van der Waals surface area contributed by atoms with Crippen molar-refractivity contribution in [1.82, 2.24) is 36.8 Å².